The van der Waals surface area contributed by atoms with Crippen molar-refractivity contribution in [1.82, 2.24) is 4.31 Å². The van der Waals surface area contributed by atoms with Crippen LogP contribution in [-0.4, -0.2) is 32.2 Å². The van der Waals surface area contributed by atoms with E-state index in [2.05, 4.69) is 0 Å². The molecule has 0 aromatic heterocycles. The number of nitrogens with zero attached hydrogens (tertiary/aromatic N) is 1. The molecule has 0 fully saturated rings. The van der Waals surface area contributed by atoms with E-state index < -0.39 is 10.0 Å². The molecule has 0 heterocycles. The summed E-state index contributed by atoms with van der Waals surface area (Å²) < 4.78 is 25.1. The van der Waals surface area contributed by atoms with Crippen LogP contribution >= 0.6 is 0 Å². The minimum Gasteiger partial charge on any atom is -0.388 e. The zero-order chi connectivity index (χ0) is 12.2. The Morgan fingerprint density at radius 1 is 1.38 bits per heavy atom. The molecule has 1 aromatic carbocycles. The Hall–Kier alpha value is -1.40. The number of hydrogen-bond acceptors (Lipinski definition) is 3. The Kier molecular flexibility index (Phi) is 4.03. The third kappa shape index (κ3) is 3.04. The highest BCUT2D eigenvalue weighted by Gasteiger charge is 2.19. The first-order valence-electron chi connectivity index (χ1n) is 4.79. The van der Waals surface area contributed by atoms with E-state index >= 15 is 0 Å². The number of benzene rings is 1. The zero-order valence-corrected chi connectivity index (χ0v) is 9.87. The van der Waals surface area contributed by atoms with Gasteiger partial charge in [0.15, 0.2) is 0 Å². The lowest BCUT2D eigenvalue weighted by atomic mass is 10.4. The Morgan fingerprint density at radius 2 is 1.94 bits per heavy atom. The fourth-order valence-electron chi connectivity index (χ4n) is 1.17. The van der Waals surface area contributed by atoms with Crippen LogP contribution in [0.15, 0.2) is 35.2 Å². The Bertz CT molecular complexity index is 456. The van der Waals surface area contributed by atoms with Crippen molar-refractivity contribution in [3.63, 3.8) is 0 Å². The SMILES string of the molecule is CN(CCC(=N)N)S(=O)(=O)c1ccccc1. The van der Waals surface area contributed by atoms with Crippen LogP contribution in [-0.2, 0) is 10.0 Å². The second-order valence-corrected chi connectivity index (χ2v) is 5.46. The van der Waals surface area contributed by atoms with Crippen LogP contribution in [0.25, 0.3) is 0 Å². The molecular formula is C10H15N3O2S. The van der Waals surface area contributed by atoms with Crippen LogP contribution in [0.2, 0.25) is 0 Å². The van der Waals surface area contributed by atoms with Crippen LogP contribution < -0.4 is 5.73 Å². The van der Waals surface area contributed by atoms with E-state index in [1.54, 1.807) is 30.3 Å². The molecule has 0 amide bonds. The van der Waals surface area contributed by atoms with Gasteiger partial charge in [0, 0.05) is 20.0 Å². The van der Waals surface area contributed by atoms with Crippen LogP contribution in [0.1, 0.15) is 6.42 Å². The topological polar surface area (TPSA) is 87.2 Å². The minimum absolute atomic E-state index is 0.0184. The third-order valence-electron chi connectivity index (χ3n) is 2.15. The van der Waals surface area contributed by atoms with Gasteiger partial charge >= 0.3 is 0 Å². The number of nitrogens with one attached hydrogen (secondary N) is 1. The van der Waals surface area contributed by atoms with Gasteiger partial charge in [0.2, 0.25) is 10.0 Å². The summed E-state index contributed by atoms with van der Waals surface area (Å²) in [5, 5.41) is 7.05. The first-order chi connectivity index (χ1) is 7.44. The number of rotatable bonds is 5. The van der Waals surface area contributed by atoms with Gasteiger partial charge in [-0.1, -0.05) is 18.2 Å². The molecule has 0 atom stereocenters. The molecule has 0 aliphatic carbocycles. The van der Waals surface area contributed by atoms with E-state index in [-0.39, 0.29) is 23.7 Å². The Balaban J connectivity index is 2.82. The quantitative estimate of drug-likeness (QED) is 0.585. The van der Waals surface area contributed by atoms with Crippen LogP contribution in [0, 0.1) is 5.41 Å². The van der Waals surface area contributed by atoms with Crippen LogP contribution in [0.3, 0.4) is 0 Å². The van der Waals surface area contributed by atoms with Gasteiger partial charge in [0.05, 0.1) is 10.7 Å². The first-order valence-corrected chi connectivity index (χ1v) is 6.23. The van der Waals surface area contributed by atoms with Crippen molar-refractivity contribution in [3.8, 4) is 0 Å². The summed E-state index contributed by atoms with van der Waals surface area (Å²) in [6.07, 6.45) is 0.239. The van der Waals surface area contributed by atoms with E-state index in [0.29, 0.717) is 0 Å². The maximum absolute atomic E-state index is 12.0. The van der Waals surface area contributed by atoms with Crippen molar-refractivity contribution in [1.29, 1.82) is 5.41 Å². The number of sulfonamides is 1. The average Bonchev–Trinajstić information content (AvgIpc) is 2.27. The van der Waals surface area contributed by atoms with Gasteiger partial charge in [-0.2, -0.15) is 0 Å². The van der Waals surface area contributed by atoms with E-state index in [0.717, 1.165) is 0 Å². The molecule has 0 aliphatic rings. The van der Waals surface area contributed by atoms with Crippen LogP contribution in [0.4, 0.5) is 0 Å². The van der Waals surface area contributed by atoms with Crippen molar-refractivity contribution < 1.29 is 8.42 Å². The molecular weight excluding hydrogens is 226 g/mol. The molecule has 3 N–H and O–H groups in total. The van der Waals surface area contributed by atoms with Gasteiger partial charge < -0.3 is 5.73 Å². The number of amidine groups is 1. The van der Waals surface area contributed by atoms with Gasteiger partial charge in [0.25, 0.3) is 0 Å². The molecule has 0 unspecified atom stereocenters. The molecule has 0 saturated heterocycles. The minimum atomic E-state index is -3.45. The fourth-order valence-corrected chi connectivity index (χ4v) is 2.36. The molecule has 1 rings (SSSR count). The van der Waals surface area contributed by atoms with Crippen molar-refractivity contribution >= 4 is 15.9 Å². The average molecular weight is 241 g/mol. The molecule has 0 spiro atoms. The highest BCUT2D eigenvalue weighted by Crippen LogP contribution is 2.13. The summed E-state index contributed by atoms with van der Waals surface area (Å²) in [4.78, 5) is 0.251. The van der Waals surface area contributed by atoms with E-state index in [9.17, 15) is 8.42 Å². The van der Waals surface area contributed by atoms with Gasteiger partial charge in [-0.3, -0.25) is 5.41 Å². The standard InChI is InChI=1S/C10H15N3O2S/c1-13(8-7-10(11)12)16(14,15)9-5-3-2-4-6-9/h2-6H,7-8H2,1H3,(H3,11,12). The largest absolute Gasteiger partial charge is 0.388 e. The molecule has 0 aliphatic heterocycles. The summed E-state index contributed by atoms with van der Waals surface area (Å²) in [5.74, 6) is -0.0184. The zero-order valence-electron chi connectivity index (χ0n) is 9.05. The summed E-state index contributed by atoms with van der Waals surface area (Å²) in [6.45, 7) is 0.215. The highest BCUT2D eigenvalue weighted by molar-refractivity contribution is 7.89. The molecule has 16 heavy (non-hydrogen) atoms. The van der Waals surface area contributed by atoms with Crippen molar-refractivity contribution in [2.75, 3.05) is 13.6 Å². The maximum atomic E-state index is 12.0. The molecule has 6 heteroatoms. The third-order valence-corrected chi connectivity index (χ3v) is 4.02. The van der Waals surface area contributed by atoms with E-state index in [4.69, 9.17) is 11.1 Å². The molecule has 0 radical (unpaired) electrons. The van der Waals surface area contributed by atoms with Crippen molar-refractivity contribution in [2.45, 2.75) is 11.3 Å². The van der Waals surface area contributed by atoms with Crippen LogP contribution in [0.5, 0.6) is 0 Å². The number of hydrogen-bond donors (Lipinski definition) is 2. The normalized spacial score (nSPS) is 11.6. The molecule has 88 valence electrons. The van der Waals surface area contributed by atoms with Gasteiger partial charge in [0.1, 0.15) is 0 Å². The summed E-state index contributed by atoms with van der Waals surface area (Å²) in [5.41, 5.74) is 5.18. The van der Waals surface area contributed by atoms with E-state index in [1.807, 2.05) is 0 Å². The molecule has 0 saturated carbocycles. The molecule has 5 nitrogen and oxygen atoms in total. The van der Waals surface area contributed by atoms with Crippen molar-refractivity contribution in [3.05, 3.63) is 30.3 Å². The second-order valence-electron chi connectivity index (χ2n) is 3.41. The van der Waals surface area contributed by atoms with Gasteiger partial charge in [-0.15, -0.1) is 0 Å². The maximum Gasteiger partial charge on any atom is 0.242 e. The smallest absolute Gasteiger partial charge is 0.242 e. The lowest BCUT2D eigenvalue weighted by Crippen LogP contribution is -2.30. The summed E-state index contributed by atoms with van der Waals surface area (Å²) >= 11 is 0. The highest BCUT2D eigenvalue weighted by atomic mass is 32.2. The van der Waals surface area contributed by atoms with E-state index in [1.165, 1.54) is 11.4 Å². The number of nitrogens with two attached hydrogens (primary N) is 1. The fraction of sp³-hybridized carbons (Fsp3) is 0.300. The summed E-state index contributed by atoms with van der Waals surface area (Å²) in [6, 6.07) is 8.19. The Labute approximate surface area is 95.4 Å². The summed E-state index contributed by atoms with van der Waals surface area (Å²) in [7, 11) is -1.98. The molecule has 0 bridgehead atoms. The monoisotopic (exact) mass is 241 g/mol. The lowest BCUT2D eigenvalue weighted by Gasteiger charge is -2.16. The first kappa shape index (κ1) is 12.7. The predicted molar refractivity (Wildman–Crippen MR) is 62.8 cm³/mol. The predicted octanol–water partition coefficient (Wildman–Crippen LogP) is 0.633. The second kappa shape index (κ2) is 5.09. The van der Waals surface area contributed by atoms with Gasteiger partial charge in [-0.25, -0.2) is 12.7 Å². The lowest BCUT2D eigenvalue weighted by molar-refractivity contribution is 0.478. The van der Waals surface area contributed by atoms with Crippen molar-refractivity contribution in [2.24, 2.45) is 5.73 Å². The molecule has 1 aromatic rings. The van der Waals surface area contributed by atoms with Gasteiger partial charge in [-0.05, 0) is 12.1 Å². The Morgan fingerprint density at radius 3 is 2.44 bits per heavy atom.